The van der Waals surface area contributed by atoms with Crippen molar-refractivity contribution in [3.05, 3.63) is 29.3 Å². The Labute approximate surface area is 61.1 Å². The van der Waals surface area contributed by atoms with Crippen LogP contribution in [0.3, 0.4) is 0 Å². The van der Waals surface area contributed by atoms with Crippen molar-refractivity contribution in [1.82, 2.24) is 0 Å². The van der Waals surface area contributed by atoms with E-state index in [-0.39, 0.29) is 0 Å². The van der Waals surface area contributed by atoms with Crippen LogP contribution in [-0.2, 0) is 12.8 Å². The average molecular weight is 133 g/mol. The van der Waals surface area contributed by atoms with Crippen LogP contribution in [0.15, 0.2) is 18.2 Å². The van der Waals surface area contributed by atoms with E-state index < -0.39 is 0 Å². The van der Waals surface area contributed by atoms with Crippen molar-refractivity contribution in [2.24, 2.45) is 0 Å². The molecule has 1 heteroatoms. The summed E-state index contributed by atoms with van der Waals surface area (Å²) in [6.07, 6.45) is 2.55. The molecule has 1 N–H and O–H groups in total. The van der Waals surface area contributed by atoms with Crippen molar-refractivity contribution >= 4 is 5.69 Å². The zero-order chi connectivity index (χ0) is 6.97. The van der Waals surface area contributed by atoms with Crippen molar-refractivity contribution in [3.63, 3.8) is 0 Å². The fourth-order valence-corrected chi connectivity index (χ4v) is 1.35. The van der Waals surface area contributed by atoms with Crippen molar-refractivity contribution in [2.75, 3.05) is 12.4 Å². The Morgan fingerprint density at radius 2 is 2.00 bits per heavy atom. The molecule has 0 saturated carbocycles. The molecule has 1 aromatic rings. The van der Waals surface area contributed by atoms with Crippen molar-refractivity contribution in [1.29, 1.82) is 0 Å². The van der Waals surface area contributed by atoms with Crippen LogP contribution >= 0.6 is 0 Å². The number of hydrogen-bond donors (Lipinski definition) is 1. The van der Waals surface area contributed by atoms with E-state index in [1.165, 1.54) is 29.7 Å². The third-order valence-corrected chi connectivity index (χ3v) is 2.16. The zero-order valence-electron chi connectivity index (χ0n) is 6.15. The van der Waals surface area contributed by atoms with Gasteiger partial charge in [-0.1, -0.05) is 6.07 Å². The van der Waals surface area contributed by atoms with Crippen LogP contribution in [0.25, 0.3) is 0 Å². The molecule has 10 heavy (non-hydrogen) atoms. The maximum Gasteiger partial charge on any atom is 0.0340 e. The normalized spacial score (nSPS) is 13.7. The van der Waals surface area contributed by atoms with Crippen LogP contribution < -0.4 is 5.32 Å². The summed E-state index contributed by atoms with van der Waals surface area (Å²) in [4.78, 5) is 0. The summed E-state index contributed by atoms with van der Waals surface area (Å²) in [5, 5.41) is 3.13. The second-order valence-corrected chi connectivity index (χ2v) is 2.73. The Morgan fingerprint density at radius 1 is 1.20 bits per heavy atom. The molecule has 0 bridgehead atoms. The van der Waals surface area contributed by atoms with Gasteiger partial charge in [0.25, 0.3) is 0 Å². The van der Waals surface area contributed by atoms with E-state index in [0.717, 1.165) is 0 Å². The molecule has 0 heterocycles. The Bertz CT molecular complexity index is 253. The molecule has 1 nitrogen and oxygen atoms in total. The molecular weight excluding hydrogens is 122 g/mol. The highest BCUT2D eigenvalue weighted by Gasteiger charge is 2.11. The van der Waals surface area contributed by atoms with Crippen LogP contribution in [0, 0.1) is 0 Å². The summed E-state index contributed by atoms with van der Waals surface area (Å²) >= 11 is 0. The van der Waals surface area contributed by atoms with Crippen LogP contribution in [0.4, 0.5) is 5.69 Å². The van der Waals surface area contributed by atoms with Crippen LogP contribution in [0.5, 0.6) is 0 Å². The molecule has 0 atom stereocenters. The van der Waals surface area contributed by atoms with Gasteiger partial charge in [-0.3, -0.25) is 0 Å². The van der Waals surface area contributed by atoms with Gasteiger partial charge in [0.05, 0.1) is 0 Å². The molecule has 1 aromatic carbocycles. The van der Waals surface area contributed by atoms with Crippen LogP contribution in [0.1, 0.15) is 11.1 Å². The molecule has 0 radical (unpaired) electrons. The Morgan fingerprint density at radius 3 is 2.50 bits per heavy atom. The lowest BCUT2D eigenvalue weighted by Crippen LogP contribution is -2.07. The molecule has 2 rings (SSSR count). The van der Waals surface area contributed by atoms with E-state index in [9.17, 15) is 0 Å². The highest BCUT2D eigenvalue weighted by atomic mass is 14.8. The highest BCUT2D eigenvalue weighted by molar-refractivity contribution is 5.51. The average Bonchev–Trinajstić information content (AvgIpc) is 1.92. The predicted molar refractivity (Wildman–Crippen MR) is 43.4 cm³/mol. The second-order valence-electron chi connectivity index (χ2n) is 2.73. The minimum Gasteiger partial charge on any atom is -0.388 e. The number of rotatable bonds is 1. The molecule has 0 aliphatic heterocycles. The molecule has 0 saturated heterocycles. The summed E-state index contributed by atoms with van der Waals surface area (Å²) in [7, 11) is 1.96. The van der Waals surface area contributed by atoms with E-state index in [4.69, 9.17) is 0 Å². The van der Waals surface area contributed by atoms with Gasteiger partial charge in [-0.05, 0) is 36.1 Å². The highest BCUT2D eigenvalue weighted by Crippen LogP contribution is 2.25. The van der Waals surface area contributed by atoms with Gasteiger partial charge in [0.2, 0.25) is 0 Å². The Kier molecular flexibility index (Phi) is 1.16. The Hall–Kier alpha value is -0.980. The number of fused-ring (bicyclic) bond motifs is 1. The quantitative estimate of drug-likeness (QED) is 0.616. The standard InChI is InChI=1S/C9H11N/c1-10-9-5-4-7-2-3-8(7)6-9/h4-6,10H,2-3H2,1H3. The maximum absolute atomic E-state index is 3.13. The van der Waals surface area contributed by atoms with Gasteiger partial charge in [0.1, 0.15) is 0 Å². The third-order valence-electron chi connectivity index (χ3n) is 2.16. The van der Waals surface area contributed by atoms with E-state index in [0.29, 0.717) is 0 Å². The minimum absolute atomic E-state index is 1.23. The van der Waals surface area contributed by atoms with Gasteiger partial charge < -0.3 is 5.32 Å². The van der Waals surface area contributed by atoms with E-state index in [1.807, 2.05) is 7.05 Å². The lowest BCUT2D eigenvalue weighted by Gasteiger charge is -2.18. The molecule has 0 spiro atoms. The molecule has 52 valence electrons. The summed E-state index contributed by atoms with van der Waals surface area (Å²) < 4.78 is 0. The molecule has 1 aliphatic rings. The van der Waals surface area contributed by atoms with Crippen LogP contribution in [-0.4, -0.2) is 7.05 Å². The van der Waals surface area contributed by atoms with Gasteiger partial charge in [-0.2, -0.15) is 0 Å². The topological polar surface area (TPSA) is 12.0 Å². The monoisotopic (exact) mass is 133 g/mol. The number of benzene rings is 1. The summed E-state index contributed by atoms with van der Waals surface area (Å²) in [5.41, 5.74) is 4.28. The fourth-order valence-electron chi connectivity index (χ4n) is 1.35. The van der Waals surface area contributed by atoms with Crippen molar-refractivity contribution in [2.45, 2.75) is 12.8 Å². The maximum atomic E-state index is 3.13. The molecule has 0 unspecified atom stereocenters. The second kappa shape index (κ2) is 2.01. The summed E-state index contributed by atoms with van der Waals surface area (Å²) in [6.45, 7) is 0. The van der Waals surface area contributed by atoms with Gasteiger partial charge in [-0.15, -0.1) is 0 Å². The van der Waals surface area contributed by atoms with Crippen LogP contribution in [0.2, 0.25) is 0 Å². The first-order chi connectivity index (χ1) is 4.90. The van der Waals surface area contributed by atoms with Gasteiger partial charge >= 0.3 is 0 Å². The lowest BCUT2D eigenvalue weighted by molar-refractivity contribution is 0.840. The number of nitrogens with one attached hydrogen (secondary N) is 1. The Balaban J connectivity index is 2.42. The first-order valence-electron chi connectivity index (χ1n) is 3.70. The van der Waals surface area contributed by atoms with Crippen molar-refractivity contribution < 1.29 is 0 Å². The molecular formula is C9H11N. The van der Waals surface area contributed by atoms with Gasteiger partial charge in [0.15, 0.2) is 0 Å². The summed E-state index contributed by atoms with van der Waals surface area (Å²) in [6, 6.07) is 6.58. The first-order valence-corrected chi connectivity index (χ1v) is 3.70. The number of aryl methyl sites for hydroxylation is 2. The largest absolute Gasteiger partial charge is 0.388 e. The van der Waals surface area contributed by atoms with E-state index >= 15 is 0 Å². The molecule has 0 aromatic heterocycles. The summed E-state index contributed by atoms with van der Waals surface area (Å²) in [5.74, 6) is 0. The van der Waals surface area contributed by atoms with E-state index in [1.54, 1.807) is 0 Å². The van der Waals surface area contributed by atoms with Gasteiger partial charge in [-0.25, -0.2) is 0 Å². The minimum atomic E-state index is 1.23. The SMILES string of the molecule is CNc1ccc2c(c1)CC2. The zero-order valence-corrected chi connectivity index (χ0v) is 6.15. The number of hydrogen-bond acceptors (Lipinski definition) is 1. The predicted octanol–water partition coefficient (Wildman–Crippen LogP) is 1.83. The molecule has 0 amide bonds. The molecule has 0 fully saturated rings. The smallest absolute Gasteiger partial charge is 0.0340 e. The molecule has 1 aliphatic carbocycles. The lowest BCUT2D eigenvalue weighted by atomic mass is 9.88. The fraction of sp³-hybridized carbons (Fsp3) is 0.333. The third kappa shape index (κ3) is 0.703. The first kappa shape index (κ1) is 5.78. The van der Waals surface area contributed by atoms with E-state index in [2.05, 4.69) is 23.5 Å². The van der Waals surface area contributed by atoms with Gasteiger partial charge in [0, 0.05) is 12.7 Å². The number of anilines is 1. The van der Waals surface area contributed by atoms with Crippen molar-refractivity contribution in [3.8, 4) is 0 Å².